The van der Waals surface area contributed by atoms with Gasteiger partial charge in [0.05, 0.1) is 55.9 Å². The Morgan fingerprint density at radius 1 is 0.609 bits per heavy atom. The van der Waals surface area contributed by atoms with Crippen molar-refractivity contribution in [2.24, 2.45) is 10.3 Å². The minimum absolute atomic E-state index is 0.0575. The zero-order valence-electron chi connectivity index (χ0n) is 40.6. The predicted molar refractivity (Wildman–Crippen MR) is 259 cm³/mol. The van der Waals surface area contributed by atoms with Gasteiger partial charge in [0.2, 0.25) is 0 Å². The number of aromatic amines is 1. The van der Waals surface area contributed by atoms with E-state index in [0.29, 0.717) is 0 Å². The third kappa shape index (κ3) is 12.6. The summed E-state index contributed by atoms with van der Waals surface area (Å²) in [5, 5.41) is 33.3. The zero-order chi connectivity index (χ0) is 46.9. The van der Waals surface area contributed by atoms with Crippen molar-refractivity contribution in [2.45, 2.75) is 119 Å². The smallest absolute Gasteiger partial charge is 0.181 e. The number of hydrogen-bond acceptors (Lipinski definition) is 10. The summed E-state index contributed by atoms with van der Waals surface area (Å²) in [5.74, 6) is 2.49. The Hall–Kier alpha value is -6.50. The fourth-order valence-electron chi connectivity index (χ4n) is 7.23. The van der Waals surface area contributed by atoms with Gasteiger partial charge in [0, 0.05) is 5.56 Å². The molecule has 0 saturated carbocycles. The molecule has 13 heteroatoms. The first kappa shape index (κ1) is 48.5. The van der Waals surface area contributed by atoms with Crippen LogP contribution in [0.1, 0.15) is 117 Å². The Balaban J connectivity index is 0.000000161. The Bertz CT molecular complexity index is 2480. The predicted octanol–water partition coefficient (Wildman–Crippen LogP) is 11.7. The van der Waals surface area contributed by atoms with Gasteiger partial charge in [-0.3, -0.25) is 5.10 Å². The van der Waals surface area contributed by atoms with Crippen molar-refractivity contribution >= 4 is 5.69 Å². The second-order valence-electron chi connectivity index (χ2n) is 19.9. The van der Waals surface area contributed by atoms with E-state index in [1.165, 1.54) is 22.3 Å². The first-order valence-corrected chi connectivity index (χ1v) is 21.9. The molecule has 64 heavy (non-hydrogen) atoms. The van der Waals surface area contributed by atoms with E-state index in [1.54, 1.807) is 18.0 Å². The summed E-state index contributed by atoms with van der Waals surface area (Å²) in [6.07, 6.45) is 5.51. The minimum atomic E-state index is 0.0575. The monoisotopic (exact) mass is 865 g/mol. The molecule has 0 bridgehead atoms. The van der Waals surface area contributed by atoms with E-state index in [9.17, 15) is 0 Å². The van der Waals surface area contributed by atoms with Crippen LogP contribution in [0.3, 0.4) is 0 Å². The van der Waals surface area contributed by atoms with Crippen LogP contribution in [0.15, 0.2) is 120 Å². The minimum Gasteiger partial charge on any atom is -0.494 e. The van der Waals surface area contributed by atoms with E-state index in [1.807, 2.05) is 66.3 Å². The van der Waals surface area contributed by atoms with Crippen molar-refractivity contribution in [1.29, 1.82) is 0 Å². The van der Waals surface area contributed by atoms with Gasteiger partial charge in [-0.2, -0.15) is 10.2 Å². The van der Waals surface area contributed by atoms with Gasteiger partial charge in [0.15, 0.2) is 5.82 Å². The SMILES string of the molecule is CC(C)(C)c1ccccc1-n1ccnn1.COc1cccc(C(C)(C)C)c1N1CCN=N1.Cc1cn(-c2ccccc2C(C)(C)C)nn1.Cc1nc(-c2ccccc2C(C)(C)C)n[nH]1. The number of para-hydroxylation sites is 3. The summed E-state index contributed by atoms with van der Waals surface area (Å²) in [4.78, 5) is 4.39. The topological polar surface area (TPSA) is 140 Å². The lowest BCUT2D eigenvalue weighted by Crippen LogP contribution is -2.21. The molecule has 1 aliphatic rings. The van der Waals surface area contributed by atoms with Gasteiger partial charge in [-0.25, -0.2) is 19.4 Å². The summed E-state index contributed by atoms with van der Waals surface area (Å²) >= 11 is 0. The van der Waals surface area contributed by atoms with E-state index in [2.05, 4.69) is 190 Å². The average Bonchev–Trinajstić information content (AvgIpc) is 4.10. The number of methoxy groups -OCH3 is 1. The van der Waals surface area contributed by atoms with Crippen LogP contribution in [0.2, 0.25) is 0 Å². The number of ether oxygens (including phenoxy) is 1. The molecule has 0 saturated heterocycles. The molecular formula is C51H68N12O. The highest BCUT2D eigenvalue weighted by Crippen LogP contribution is 2.40. The maximum Gasteiger partial charge on any atom is 0.181 e. The van der Waals surface area contributed by atoms with Crippen molar-refractivity contribution < 1.29 is 4.74 Å². The van der Waals surface area contributed by atoms with Crippen molar-refractivity contribution in [1.82, 2.24) is 45.2 Å². The highest BCUT2D eigenvalue weighted by atomic mass is 16.5. The van der Waals surface area contributed by atoms with Gasteiger partial charge in [-0.15, -0.1) is 10.2 Å². The van der Waals surface area contributed by atoms with E-state index in [-0.39, 0.29) is 21.7 Å². The molecule has 8 rings (SSSR count). The van der Waals surface area contributed by atoms with Gasteiger partial charge in [0.25, 0.3) is 0 Å². The van der Waals surface area contributed by atoms with Gasteiger partial charge >= 0.3 is 0 Å². The van der Waals surface area contributed by atoms with E-state index < -0.39 is 0 Å². The lowest BCUT2D eigenvalue weighted by atomic mass is 9.83. The third-order valence-electron chi connectivity index (χ3n) is 10.4. The van der Waals surface area contributed by atoms with E-state index >= 15 is 0 Å². The lowest BCUT2D eigenvalue weighted by Gasteiger charge is -2.27. The number of aryl methyl sites for hydroxylation is 2. The fourth-order valence-corrected chi connectivity index (χ4v) is 7.23. The van der Waals surface area contributed by atoms with Crippen molar-refractivity contribution in [3.8, 4) is 28.5 Å². The molecule has 1 N–H and O–H groups in total. The van der Waals surface area contributed by atoms with Crippen molar-refractivity contribution in [3.63, 3.8) is 0 Å². The second kappa shape index (κ2) is 20.3. The molecule has 0 unspecified atom stereocenters. The van der Waals surface area contributed by atoms with Gasteiger partial charge in [0.1, 0.15) is 17.3 Å². The highest BCUT2D eigenvalue weighted by molar-refractivity contribution is 5.66. The highest BCUT2D eigenvalue weighted by Gasteiger charge is 2.26. The second-order valence-corrected chi connectivity index (χ2v) is 19.9. The number of nitrogens with zero attached hydrogens (tertiary/aromatic N) is 11. The maximum atomic E-state index is 5.45. The fraction of sp³-hybridized carbons (Fsp3) is 0.412. The van der Waals surface area contributed by atoms with Crippen LogP contribution >= 0.6 is 0 Å². The molecule has 0 fully saturated rings. The molecule has 13 nitrogen and oxygen atoms in total. The Morgan fingerprint density at radius 3 is 1.62 bits per heavy atom. The molecule has 338 valence electrons. The average molecular weight is 865 g/mol. The van der Waals surface area contributed by atoms with E-state index in [4.69, 9.17) is 4.74 Å². The number of rotatable bonds is 5. The summed E-state index contributed by atoms with van der Waals surface area (Å²) in [5.41, 5.74) is 10.7. The molecule has 0 radical (unpaired) electrons. The molecule has 0 aliphatic carbocycles. The number of H-pyrrole nitrogens is 1. The van der Waals surface area contributed by atoms with Crippen LogP contribution < -0.4 is 9.75 Å². The number of hydrogen-bond donors (Lipinski definition) is 1. The lowest BCUT2D eigenvalue weighted by molar-refractivity contribution is 0.412. The standard InChI is InChI=1S/C13H19N3O.2C13H17N3.C12H15N3/c1-13(2,3)10-6-5-7-11(17-4)12(10)16-9-8-14-15-16;1-10-9-16(15-14-10)12-8-6-5-7-11(12)13(2,3)4;1-9-14-12(16-15-9)10-7-5-6-8-11(10)13(2,3)4;1-12(2,3)10-6-4-5-7-11(10)15-9-8-13-14-15/h5-7H,8-9H2,1-4H3;5-9H,1-4H3;5-8H,1-4H3,(H,14,15,16);4-9H,1-3H3. The van der Waals surface area contributed by atoms with Gasteiger partial charge < -0.3 is 4.74 Å². The van der Waals surface area contributed by atoms with Crippen LogP contribution in [0.5, 0.6) is 5.75 Å². The Morgan fingerprint density at radius 2 is 1.16 bits per heavy atom. The Labute approximate surface area is 380 Å². The quantitative estimate of drug-likeness (QED) is 0.180. The molecule has 4 aromatic carbocycles. The first-order chi connectivity index (χ1) is 30.1. The summed E-state index contributed by atoms with van der Waals surface area (Å²) < 4.78 is 9.10. The van der Waals surface area contributed by atoms with E-state index in [0.717, 1.165) is 58.8 Å². The van der Waals surface area contributed by atoms with Gasteiger partial charge in [-0.1, -0.05) is 172 Å². The Kier molecular flexibility index (Phi) is 15.4. The number of aromatic nitrogens is 9. The van der Waals surface area contributed by atoms with Crippen LogP contribution in [0, 0.1) is 13.8 Å². The summed E-state index contributed by atoms with van der Waals surface area (Å²) in [6, 6.07) is 31.0. The van der Waals surface area contributed by atoms with Crippen LogP contribution in [-0.2, 0) is 21.7 Å². The molecular weight excluding hydrogens is 797 g/mol. The molecule has 3 aromatic heterocycles. The van der Waals surface area contributed by atoms with Crippen LogP contribution in [0.4, 0.5) is 5.69 Å². The molecule has 1 aliphatic heterocycles. The van der Waals surface area contributed by atoms with Gasteiger partial charge in [-0.05, 0) is 76.0 Å². The number of benzene rings is 4. The normalized spacial score (nSPS) is 12.7. The van der Waals surface area contributed by atoms with Crippen molar-refractivity contribution in [2.75, 3.05) is 25.2 Å². The molecule has 7 aromatic rings. The number of nitrogens with one attached hydrogen (secondary N) is 1. The van der Waals surface area contributed by atoms with Crippen LogP contribution in [-0.4, -0.2) is 65.4 Å². The molecule has 0 spiro atoms. The summed E-state index contributed by atoms with van der Waals surface area (Å²) in [7, 11) is 1.69. The first-order valence-electron chi connectivity index (χ1n) is 21.9. The maximum absolute atomic E-state index is 5.45. The molecule has 4 heterocycles. The number of anilines is 1. The zero-order valence-corrected chi connectivity index (χ0v) is 40.6. The largest absolute Gasteiger partial charge is 0.494 e. The van der Waals surface area contributed by atoms with Crippen LogP contribution in [0.25, 0.3) is 22.8 Å². The van der Waals surface area contributed by atoms with Crippen molar-refractivity contribution in [3.05, 3.63) is 143 Å². The molecule has 0 atom stereocenters. The third-order valence-corrected chi connectivity index (χ3v) is 10.4. The molecule has 0 amide bonds. The summed E-state index contributed by atoms with van der Waals surface area (Å²) in [6.45, 7) is 31.8.